The second-order valence-corrected chi connectivity index (χ2v) is 4.98. The maximum atomic E-state index is 11.2. The molecule has 0 aromatic heterocycles. The molecule has 0 aliphatic heterocycles. The fourth-order valence-electron chi connectivity index (χ4n) is 1.98. The molecule has 0 fully saturated rings. The Labute approximate surface area is 136 Å². The minimum Gasteiger partial charge on any atom is -0.493 e. The molecule has 6 nitrogen and oxygen atoms in total. The number of amides is 1. The molecule has 1 aromatic carbocycles. The molecule has 0 saturated carbocycles. The van der Waals surface area contributed by atoms with E-state index in [1.165, 1.54) is 20.1 Å². The van der Waals surface area contributed by atoms with Crippen LogP contribution < -0.4 is 14.8 Å². The molecule has 1 aromatic rings. The topological polar surface area (TPSA) is 84.9 Å². The highest BCUT2D eigenvalue weighted by atomic mass is 16.5. The van der Waals surface area contributed by atoms with E-state index in [9.17, 15) is 14.7 Å². The number of hydrogen-bond donors (Lipinski definition) is 2. The van der Waals surface area contributed by atoms with Crippen molar-refractivity contribution in [3.8, 4) is 11.5 Å². The molecule has 126 valence electrons. The summed E-state index contributed by atoms with van der Waals surface area (Å²) < 4.78 is 11.0. The maximum Gasteiger partial charge on any atom is 0.352 e. The number of aliphatic carboxylic acids is 1. The molecule has 0 unspecified atom stereocenters. The van der Waals surface area contributed by atoms with Gasteiger partial charge in [0, 0.05) is 12.5 Å². The summed E-state index contributed by atoms with van der Waals surface area (Å²) >= 11 is 0. The monoisotopic (exact) mass is 321 g/mol. The van der Waals surface area contributed by atoms with E-state index in [0.29, 0.717) is 23.7 Å². The molecule has 0 aliphatic rings. The highest BCUT2D eigenvalue weighted by Crippen LogP contribution is 2.32. The summed E-state index contributed by atoms with van der Waals surface area (Å²) in [6, 6.07) is 5.19. The standard InChI is InChI=1S/C17H23NO5/c1-4-5-6-10-23-16-13(8-7-9-15(16)22-3)11-14(17(20)21)18-12(2)19/h7-9,11H,4-6,10H2,1-3H3,(H,18,19)(H,20,21)/b14-11-. The SMILES string of the molecule is CCCCCOc1c(/C=C(\NC(C)=O)C(=O)O)cccc1OC. The van der Waals surface area contributed by atoms with Crippen LogP contribution in [0.3, 0.4) is 0 Å². The first-order chi connectivity index (χ1) is 11.0. The van der Waals surface area contributed by atoms with Gasteiger partial charge >= 0.3 is 5.97 Å². The zero-order valence-electron chi connectivity index (χ0n) is 13.7. The van der Waals surface area contributed by atoms with Crippen LogP contribution in [0.5, 0.6) is 11.5 Å². The normalized spacial score (nSPS) is 11.0. The van der Waals surface area contributed by atoms with Gasteiger partial charge in [0.05, 0.1) is 13.7 Å². The van der Waals surface area contributed by atoms with Crippen LogP contribution in [-0.4, -0.2) is 30.7 Å². The molecule has 0 radical (unpaired) electrons. The van der Waals surface area contributed by atoms with Crippen LogP contribution in [0.15, 0.2) is 23.9 Å². The fraction of sp³-hybridized carbons (Fsp3) is 0.412. The predicted molar refractivity (Wildman–Crippen MR) is 87.4 cm³/mol. The van der Waals surface area contributed by atoms with Crippen LogP contribution in [0.4, 0.5) is 0 Å². The van der Waals surface area contributed by atoms with E-state index in [4.69, 9.17) is 9.47 Å². The van der Waals surface area contributed by atoms with Gasteiger partial charge in [-0.05, 0) is 18.6 Å². The minimum absolute atomic E-state index is 0.218. The molecular formula is C17H23NO5. The van der Waals surface area contributed by atoms with Crippen molar-refractivity contribution in [3.05, 3.63) is 29.5 Å². The average Bonchev–Trinajstić information content (AvgIpc) is 2.51. The number of hydrogen-bond acceptors (Lipinski definition) is 4. The quantitative estimate of drug-likeness (QED) is 0.539. The van der Waals surface area contributed by atoms with Crippen LogP contribution in [0.25, 0.3) is 6.08 Å². The summed E-state index contributed by atoms with van der Waals surface area (Å²) in [4.78, 5) is 22.4. The lowest BCUT2D eigenvalue weighted by Crippen LogP contribution is -2.24. The van der Waals surface area contributed by atoms with Crippen molar-refractivity contribution in [1.29, 1.82) is 0 Å². The molecule has 1 rings (SSSR count). The number of para-hydroxylation sites is 1. The molecule has 0 saturated heterocycles. The molecule has 6 heteroatoms. The van der Waals surface area contributed by atoms with Gasteiger partial charge in [-0.1, -0.05) is 31.9 Å². The van der Waals surface area contributed by atoms with Gasteiger partial charge in [-0.25, -0.2) is 4.79 Å². The van der Waals surface area contributed by atoms with Gasteiger partial charge < -0.3 is 19.9 Å². The minimum atomic E-state index is -1.22. The third-order valence-corrected chi connectivity index (χ3v) is 3.06. The number of carboxylic acids is 1. The van der Waals surface area contributed by atoms with E-state index >= 15 is 0 Å². The second kappa shape index (κ2) is 9.50. The average molecular weight is 321 g/mol. The van der Waals surface area contributed by atoms with Gasteiger partial charge in [-0.15, -0.1) is 0 Å². The lowest BCUT2D eigenvalue weighted by molar-refractivity contribution is -0.134. The maximum absolute atomic E-state index is 11.2. The Kier molecular flexibility index (Phi) is 7.66. The lowest BCUT2D eigenvalue weighted by Gasteiger charge is -2.14. The zero-order chi connectivity index (χ0) is 17.2. The van der Waals surface area contributed by atoms with E-state index in [1.807, 2.05) is 0 Å². The van der Waals surface area contributed by atoms with Crippen molar-refractivity contribution in [3.63, 3.8) is 0 Å². The van der Waals surface area contributed by atoms with Gasteiger partial charge in [-0.3, -0.25) is 4.79 Å². The molecule has 2 N–H and O–H groups in total. The van der Waals surface area contributed by atoms with Crippen molar-refractivity contribution in [1.82, 2.24) is 5.32 Å². The van der Waals surface area contributed by atoms with E-state index in [1.54, 1.807) is 18.2 Å². The highest BCUT2D eigenvalue weighted by Gasteiger charge is 2.14. The molecule has 0 aliphatic carbocycles. The largest absolute Gasteiger partial charge is 0.493 e. The van der Waals surface area contributed by atoms with E-state index in [2.05, 4.69) is 12.2 Å². The van der Waals surface area contributed by atoms with Gasteiger partial charge in [0.1, 0.15) is 5.70 Å². The smallest absolute Gasteiger partial charge is 0.352 e. The summed E-state index contributed by atoms with van der Waals surface area (Å²) in [5, 5.41) is 11.5. The number of rotatable bonds is 9. The van der Waals surface area contributed by atoms with Gasteiger partial charge in [0.25, 0.3) is 0 Å². The number of carbonyl (C=O) groups excluding carboxylic acids is 1. The molecule has 0 bridgehead atoms. The molecule has 1 amide bonds. The fourth-order valence-corrected chi connectivity index (χ4v) is 1.98. The number of nitrogens with one attached hydrogen (secondary N) is 1. The second-order valence-electron chi connectivity index (χ2n) is 4.98. The van der Waals surface area contributed by atoms with Crippen molar-refractivity contribution in [2.45, 2.75) is 33.1 Å². The van der Waals surface area contributed by atoms with Crippen LogP contribution in [0.2, 0.25) is 0 Å². The molecule has 23 heavy (non-hydrogen) atoms. The Hall–Kier alpha value is -2.50. The van der Waals surface area contributed by atoms with E-state index < -0.39 is 11.9 Å². The van der Waals surface area contributed by atoms with Crippen LogP contribution >= 0.6 is 0 Å². The predicted octanol–water partition coefficient (Wildman–Crippen LogP) is 2.83. The van der Waals surface area contributed by atoms with Gasteiger partial charge in [0.2, 0.25) is 5.91 Å². The van der Waals surface area contributed by atoms with Crippen molar-refractivity contribution >= 4 is 18.0 Å². The molecule has 0 atom stereocenters. The highest BCUT2D eigenvalue weighted by molar-refractivity contribution is 5.96. The van der Waals surface area contributed by atoms with E-state index in [0.717, 1.165) is 19.3 Å². The van der Waals surface area contributed by atoms with Crippen molar-refractivity contribution in [2.24, 2.45) is 0 Å². The van der Waals surface area contributed by atoms with Crippen LogP contribution in [-0.2, 0) is 9.59 Å². The number of carboxylic acid groups (broad SMARTS) is 1. The number of methoxy groups -OCH3 is 1. The summed E-state index contributed by atoms with van der Waals surface area (Å²) in [6.07, 6.45) is 4.39. The third kappa shape index (κ3) is 6.02. The van der Waals surface area contributed by atoms with Crippen LogP contribution in [0, 0.1) is 0 Å². The lowest BCUT2D eigenvalue weighted by atomic mass is 10.1. The molecule has 0 heterocycles. The Morgan fingerprint density at radius 1 is 1.30 bits per heavy atom. The number of ether oxygens (including phenoxy) is 2. The first-order valence-corrected chi connectivity index (χ1v) is 7.52. The van der Waals surface area contributed by atoms with Crippen LogP contribution in [0.1, 0.15) is 38.7 Å². The number of unbranched alkanes of at least 4 members (excludes halogenated alkanes) is 2. The third-order valence-electron chi connectivity index (χ3n) is 3.06. The summed E-state index contributed by atoms with van der Waals surface area (Å²) in [5.41, 5.74) is 0.316. The Morgan fingerprint density at radius 2 is 2.04 bits per heavy atom. The van der Waals surface area contributed by atoms with E-state index in [-0.39, 0.29) is 5.70 Å². The first kappa shape index (κ1) is 18.5. The summed E-state index contributed by atoms with van der Waals surface area (Å²) in [7, 11) is 1.52. The number of benzene rings is 1. The molecule has 0 spiro atoms. The molecular weight excluding hydrogens is 298 g/mol. The van der Waals surface area contributed by atoms with Gasteiger partial charge in [0.15, 0.2) is 11.5 Å². The van der Waals surface area contributed by atoms with Crippen molar-refractivity contribution in [2.75, 3.05) is 13.7 Å². The summed E-state index contributed by atoms with van der Waals surface area (Å²) in [6.45, 7) is 3.87. The number of carbonyl (C=O) groups is 2. The summed E-state index contributed by atoms with van der Waals surface area (Å²) in [5.74, 6) is -0.690. The zero-order valence-corrected chi connectivity index (χ0v) is 13.7. The Balaban J connectivity index is 3.12. The first-order valence-electron chi connectivity index (χ1n) is 7.52. The Morgan fingerprint density at radius 3 is 2.61 bits per heavy atom. The van der Waals surface area contributed by atoms with Crippen molar-refractivity contribution < 1.29 is 24.2 Å². The van der Waals surface area contributed by atoms with Gasteiger partial charge in [-0.2, -0.15) is 0 Å². The Bertz CT molecular complexity index is 580.